The van der Waals surface area contributed by atoms with E-state index in [2.05, 4.69) is 35.1 Å². The van der Waals surface area contributed by atoms with E-state index >= 15 is 0 Å². The predicted molar refractivity (Wildman–Crippen MR) is 67.9 cm³/mol. The molecule has 1 unspecified atom stereocenters. The SMILES string of the molecule is CCNC(C)c1cnn(CC2CCOCC2)c1. The molecule has 2 rings (SSSR count). The molecule has 0 saturated carbocycles. The van der Waals surface area contributed by atoms with Crippen LogP contribution in [0, 0.1) is 5.92 Å². The molecule has 1 fully saturated rings. The normalized spacial score (nSPS) is 19.4. The van der Waals surface area contributed by atoms with Gasteiger partial charge >= 0.3 is 0 Å². The van der Waals surface area contributed by atoms with Crippen molar-refractivity contribution in [1.29, 1.82) is 0 Å². The van der Waals surface area contributed by atoms with E-state index < -0.39 is 0 Å². The summed E-state index contributed by atoms with van der Waals surface area (Å²) in [5.74, 6) is 0.728. The van der Waals surface area contributed by atoms with Gasteiger partial charge in [0.15, 0.2) is 0 Å². The minimum atomic E-state index is 0.392. The fourth-order valence-corrected chi connectivity index (χ4v) is 2.32. The summed E-state index contributed by atoms with van der Waals surface area (Å²) >= 11 is 0. The maximum absolute atomic E-state index is 5.37. The molecular weight excluding hydrogens is 214 g/mol. The van der Waals surface area contributed by atoms with Crippen molar-refractivity contribution in [1.82, 2.24) is 15.1 Å². The van der Waals surface area contributed by atoms with E-state index in [1.165, 1.54) is 5.56 Å². The van der Waals surface area contributed by atoms with Gasteiger partial charge in [-0.15, -0.1) is 0 Å². The van der Waals surface area contributed by atoms with Crippen LogP contribution in [0.1, 0.15) is 38.3 Å². The molecule has 1 aliphatic rings. The van der Waals surface area contributed by atoms with Crippen molar-refractivity contribution in [3.63, 3.8) is 0 Å². The maximum atomic E-state index is 5.37. The molecule has 2 heterocycles. The third-order valence-corrected chi connectivity index (χ3v) is 3.45. The highest BCUT2D eigenvalue weighted by molar-refractivity contribution is 5.09. The molecule has 1 atom stereocenters. The quantitative estimate of drug-likeness (QED) is 0.851. The number of rotatable bonds is 5. The summed E-state index contributed by atoms with van der Waals surface area (Å²) in [5, 5.41) is 7.85. The molecular formula is C13H23N3O. The lowest BCUT2D eigenvalue weighted by atomic mass is 10.0. The lowest BCUT2D eigenvalue weighted by molar-refractivity contribution is 0.0601. The summed E-state index contributed by atoms with van der Waals surface area (Å²) in [5.41, 5.74) is 1.28. The predicted octanol–water partition coefficient (Wildman–Crippen LogP) is 1.98. The molecule has 4 heteroatoms. The number of hydrogen-bond acceptors (Lipinski definition) is 3. The first kappa shape index (κ1) is 12.6. The van der Waals surface area contributed by atoms with Crippen molar-refractivity contribution in [3.8, 4) is 0 Å². The average Bonchev–Trinajstić information content (AvgIpc) is 2.79. The molecule has 1 aliphatic heterocycles. The molecule has 0 aliphatic carbocycles. The molecule has 0 radical (unpaired) electrons. The Labute approximate surface area is 103 Å². The molecule has 96 valence electrons. The van der Waals surface area contributed by atoms with Crippen LogP contribution in [0.3, 0.4) is 0 Å². The van der Waals surface area contributed by atoms with Crippen LogP contribution in [-0.2, 0) is 11.3 Å². The lowest BCUT2D eigenvalue weighted by Gasteiger charge is -2.21. The van der Waals surface area contributed by atoms with Crippen molar-refractivity contribution < 1.29 is 4.74 Å². The van der Waals surface area contributed by atoms with Crippen LogP contribution in [0.15, 0.2) is 12.4 Å². The number of ether oxygens (including phenoxy) is 1. The second kappa shape index (κ2) is 6.17. The zero-order valence-electron chi connectivity index (χ0n) is 10.9. The minimum Gasteiger partial charge on any atom is -0.381 e. The summed E-state index contributed by atoms with van der Waals surface area (Å²) in [6.07, 6.45) is 6.48. The first-order chi connectivity index (χ1) is 8.29. The standard InChI is InChI=1S/C13H23N3O/c1-3-14-11(2)13-8-15-16(10-13)9-12-4-6-17-7-5-12/h8,10-12,14H,3-7,9H2,1-2H3. The largest absolute Gasteiger partial charge is 0.381 e. The van der Waals surface area contributed by atoms with Gasteiger partial charge in [-0.3, -0.25) is 4.68 Å². The van der Waals surface area contributed by atoms with Crippen molar-refractivity contribution >= 4 is 0 Å². The van der Waals surface area contributed by atoms with Crippen molar-refractivity contribution in [2.24, 2.45) is 5.92 Å². The zero-order valence-corrected chi connectivity index (χ0v) is 10.9. The van der Waals surface area contributed by atoms with Gasteiger partial charge in [0.2, 0.25) is 0 Å². The van der Waals surface area contributed by atoms with Gasteiger partial charge in [0, 0.05) is 37.6 Å². The van der Waals surface area contributed by atoms with Gasteiger partial charge < -0.3 is 10.1 Å². The number of aromatic nitrogens is 2. The third-order valence-electron chi connectivity index (χ3n) is 3.45. The Bertz CT molecular complexity index is 331. The smallest absolute Gasteiger partial charge is 0.0537 e. The summed E-state index contributed by atoms with van der Waals surface area (Å²) in [4.78, 5) is 0. The Morgan fingerprint density at radius 3 is 3.00 bits per heavy atom. The van der Waals surface area contributed by atoms with E-state index in [1.54, 1.807) is 0 Å². The Balaban J connectivity index is 1.88. The molecule has 17 heavy (non-hydrogen) atoms. The molecule has 0 bridgehead atoms. The van der Waals surface area contributed by atoms with E-state index in [9.17, 15) is 0 Å². The summed E-state index contributed by atoms with van der Waals surface area (Å²) < 4.78 is 7.46. The Morgan fingerprint density at radius 1 is 1.53 bits per heavy atom. The van der Waals surface area contributed by atoms with E-state index in [0.717, 1.165) is 45.1 Å². The molecule has 1 saturated heterocycles. The highest BCUT2D eigenvalue weighted by atomic mass is 16.5. The van der Waals surface area contributed by atoms with Crippen LogP contribution >= 0.6 is 0 Å². The van der Waals surface area contributed by atoms with Crippen LogP contribution in [-0.4, -0.2) is 29.5 Å². The van der Waals surface area contributed by atoms with Crippen LogP contribution in [0.5, 0.6) is 0 Å². The van der Waals surface area contributed by atoms with Gasteiger partial charge in [0.1, 0.15) is 0 Å². The van der Waals surface area contributed by atoms with Gasteiger partial charge in [-0.05, 0) is 32.2 Å². The number of hydrogen-bond donors (Lipinski definition) is 1. The summed E-state index contributed by atoms with van der Waals surface area (Å²) in [7, 11) is 0. The van der Waals surface area contributed by atoms with Crippen LogP contribution < -0.4 is 5.32 Å². The maximum Gasteiger partial charge on any atom is 0.0537 e. The van der Waals surface area contributed by atoms with E-state index in [4.69, 9.17) is 4.74 Å². The third kappa shape index (κ3) is 3.54. The average molecular weight is 237 g/mol. The fourth-order valence-electron chi connectivity index (χ4n) is 2.32. The highest BCUT2D eigenvalue weighted by Crippen LogP contribution is 2.18. The molecule has 1 aromatic rings. The monoisotopic (exact) mass is 237 g/mol. The Hall–Kier alpha value is -0.870. The molecule has 1 N–H and O–H groups in total. The number of nitrogens with one attached hydrogen (secondary N) is 1. The molecule has 4 nitrogen and oxygen atoms in total. The second-order valence-corrected chi connectivity index (χ2v) is 4.83. The van der Waals surface area contributed by atoms with Crippen LogP contribution in [0.4, 0.5) is 0 Å². The number of nitrogens with zero attached hydrogens (tertiary/aromatic N) is 2. The minimum absolute atomic E-state index is 0.392. The fraction of sp³-hybridized carbons (Fsp3) is 0.769. The molecule has 0 spiro atoms. The highest BCUT2D eigenvalue weighted by Gasteiger charge is 2.15. The topological polar surface area (TPSA) is 39.1 Å². The van der Waals surface area contributed by atoms with Gasteiger partial charge in [0.25, 0.3) is 0 Å². The van der Waals surface area contributed by atoms with E-state index in [-0.39, 0.29) is 0 Å². The Kier molecular flexibility index (Phi) is 4.57. The molecule has 1 aromatic heterocycles. The van der Waals surface area contributed by atoms with Crippen LogP contribution in [0.25, 0.3) is 0 Å². The van der Waals surface area contributed by atoms with Crippen LogP contribution in [0.2, 0.25) is 0 Å². The van der Waals surface area contributed by atoms with E-state index in [0.29, 0.717) is 6.04 Å². The van der Waals surface area contributed by atoms with E-state index in [1.807, 2.05) is 6.20 Å². The molecule has 0 amide bonds. The van der Waals surface area contributed by atoms with Gasteiger partial charge in [-0.1, -0.05) is 6.92 Å². The van der Waals surface area contributed by atoms with Crippen molar-refractivity contribution in [3.05, 3.63) is 18.0 Å². The lowest BCUT2D eigenvalue weighted by Crippen LogP contribution is -2.20. The van der Waals surface area contributed by atoms with Gasteiger partial charge in [0.05, 0.1) is 6.20 Å². The molecule has 0 aromatic carbocycles. The van der Waals surface area contributed by atoms with Gasteiger partial charge in [-0.25, -0.2) is 0 Å². The Morgan fingerprint density at radius 2 is 2.29 bits per heavy atom. The first-order valence-corrected chi connectivity index (χ1v) is 6.63. The zero-order chi connectivity index (χ0) is 12.1. The second-order valence-electron chi connectivity index (χ2n) is 4.83. The summed E-state index contributed by atoms with van der Waals surface area (Å²) in [6, 6.07) is 0.392. The van der Waals surface area contributed by atoms with Crippen molar-refractivity contribution in [2.75, 3.05) is 19.8 Å². The van der Waals surface area contributed by atoms with Gasteiger partial charge in [-0.2, -0.15) is 5.10 Å². The first-order valence-electron chi connectivity index (χ1n) is 6.63. The summed E-state index contributed by atoms with van der Waals surface area (Å²) in [6.45, 7) is 8.15. The van der Waals surface area contributed by atoms with Crippen molar-refractivity contribution in [2.45, 2.75) is 39.3 Å².